The summed E-state index contributed by atoms with van der Waals surface area (Å²) in [6.45, 7) is 5.21. The lowest BCUT2D eigenvalue weighted by Crippen LogP contribution is -2.11. The van der Waals surface area contributed by atoms with E-state index in [2.05, 4.69) is 38.1 Å². The highest BCUT2D eigenvalue weighted by atomic mass is 14.5. The third-order valence-corrected chi connectivity index (χ3v) is 2.73. The summed E-state index contributed by atoms with van der Waals surface area (Å²) in [7, 11) is 0. The van der Waals surface area contributed by atoms with Crippen LogP contribution in [0.25, 0.3) is 0 Å². The van der Waals surface area contributed by atoms with Gasteiger partial charge in [-0.1, -0.05) is 38.1 Å². The van der Waals surface area contributed by atoms with Crippen molar-refractivity contribution < 1.29 is 0 Å². The second-order valence-electron chi connectivity index (χ2n) is 4.05. The standard InChI is InChI=1S/C13H21N/c1-3-12-5-4-6-13(9-12)8-7-11(2)10-14/h4-6,9,11H,3,7-8,10,14H2,1-2H3. The van der Waals surface area contributed by atoms with Gasteiger partial charge in [-0.3, -0.25) is 0 Å². The van der Waals surface area contributed by atoms with Crippen LogP contribution in [-0.4, -0.2) is 6.54 Å². The number of rotatable bonds is 5. The zero-order valence-electron chi connectivity index (χ0n) is 9.29. The fourth-order valence-electron chi connectivity index (χ4n) is 1.54. The van der Waals surface area contributed by atoms with Crippen LogP contribution in [0.3, 0.4) is 0 Å². The Morgan fingerprint density at radius 1 is 1.29 bits per heavy atom. The van der Waals surface area contributed by atoms with E-state index in [1.165, 1.54) is 17.5 Å². The minimum absolute atomic E-state index is 0.639. The maximum atomic E-state index is 5.59. The van der Waals surface area contributed by atoms with Crippen LogP contribution in [0.1, 0.15) is 31.4 Å². The van der Waals surface area contributed by atoms with Crippen molar-refractivity contribution in [2.45, 2.75) is 33.1 Å². The highest BCUT2D eigenvalue weighted by molar-refractivity contribution is 5.23. The average molecular weight is 191 g/mol. The summed E-state index contributed by atoms with van der Waals surface area (Å²) in [6.07, 6.45) is 3.48. The first-order valence-electron chi connectivity index (χ1n) is 5.54. The molecule has 0 heterocycles. The van der Waals surface area contributed by atoms with Gasteiger partial charge < -0.3 is 5.73 Å². The van der Waals surface area contributed by atoms with E-state index in [1.54, 1.807) is 0 Å². The largest absolute Gasteiger partial charge is 0.330 e. The summed E-state index contributed by atoms with van der Waals surface area (Å²) in [4.78, 5) is 0. The summed E-state index contributed by atoms with van der Waals surface area (Å²) in [6, 6.07) is 8.86. The maximum absolute atomic E-state index is 5.59. The van der Waals surface area contributed by atoms with Gasteiger partial charge in [0.1, 0.15) is 0 Å². The van der Waals surface area contributed by atoms with Crippen molar-refractivity contribution in [1.29, 1.82) is 0 Å². The zero-order valence-corrected chi connectivity index (χ0v) is 9.29. The molecule has 0 saturated carbocycles. The van der Waals surface area contributed by atoms with Crippen molar-refractivity contribution in [2.24, 2.45) is 11.7 Å². The Balaban J connectivity index is 2.50. The normalized spacial score (nSPS) is 12.8. The van der Waals surface area contributed by atoms with E-state index in [0.29, 0.717) is 5.92 Å². The van der Waals surface area contributed by atoms with Gasteiger partial charge in [0.15, 0.2) is 0 Å². The van der Waals surface area contributed by atoms with Gasteiger partial charge >= 0.3 is 0 Å². The van der Waals surface area contributed by atoms with Gasteiger partial charge in [-0.05, 0) is 42.9 Å². The first-order chi connectivity index (χ1) is 6.76. The predicted octanol–water partition coefficient (Wildman–Crippen LogP) is 2.78. The smallest absolute Gasteiger partial charge is 0.00514 e. The molecule has 0 amide bonds. The number of benzene rings is 1. The topological polar surface area (TPSA) is 26.0 Å². The minimum Gasteiger partial charge on any atom is -0.330 e. The predicted molar refractivity (Wildman–Crippen MR) is 62.4 cm³/mol. The molecule has 0 bridgehead atoms. The monoisotopic (exact) mass is 191 g/mol. The Bertz CT molecular complexity index is 268. The molecule has 0 aliphatic heterocycles. The van der Waals surface area contributed by atoms with Crippen LogP contribution < -0.4 is 5.73 Å². The fourth-order valence-corrected chi connectivity index (χ4v) is 1.54. The van der Waals surface area contributed by atoms with E-state index in [4.69, 9.17) is 5.73 Å². The van der Waals surface area contributed by atoms with Gasteiger partial charge in [0.25, 0.3) is 0 Å². The highest BCUT2D eigenvalue weighted by Crippen LogP contribution is 2.11. The molecular weight excluding hydrogens is 170 g/mol. The van der Waals surface area contributed by atoms with Gasteiger partial charge in [-0.2, -0.15) is 0 Å². The molecule has 1 nitrogen and oxygen atoms in total. The van der Waals surface area contributed by atoms with Crippen LogP contribution in [0, 0.1) is 5.92 Å². The molecule has 2 N–H and O–H groups in total. The van der Waals surface area contributed by atoms with Crippen LogP contribution in [0.4, 0.5) is 0 Å². The second-order valence-corrected chi connectivity index (χ2v) is 4.05. The van der Waals surface area contributed by atoms with Crippen molar-refractivity contribution in [3.63, 3.8) is 0 Å². The van der Waals surface area contributed by atoms with E-state index in [0.717, 1.165) is 19.4 Å². The van der Waals surface area contributed by atoms with E-state index in [1.807, 2.05) is 0 Å². The third kappa shape index (κ3) is 3.51. The minimum atomic E-state index is 0.639. The number of hydrogen-bond acceptors (Lipinski definition) is 1. The quantitative estimate of drug-likeness (QED) is 0.761. The summed E-state index contributed by atoms with van der Waals surface area (Å²) in [5, 5.41) is 0. The molecule has 1 heteroatoms. The molecule has 0 spiro atoms. The van der Waals surface area contributed by atoms with Gasteiger partial charge in [-0.15, -0.1) is 0 Å². The molecule has 1 aromatic rings. The van der Waals surface area contributed by atoms with Crippen LogP contribution in [0.15, 0.2) is 24.3 Å². The van der Waals surface area contributed by atoms with Crippen molar-refractivity contribution in [3.8, 4) is 0 Å². The van der Waals surface area contributed by atoms with Gasteiger partial charge in [-0.25, -0.2) is 0 Å². The van der Waals surface area contributed by atoms with E-state index < -0.39 is 0 Å². The lowest BCUT2D eigenvalue weighted by atomic mass is 9.99. The molecule has 1 aromatic carbocycles. The molecule has 78 valence electrons. The SMILES string of the molecule is CCc1cccc(CCC(C)CN)c1. The van der Waals surface area contributed by atoms with Crippen LogP contribution in [-0.2, 0) is 12.8 Å². The highest BCUT2D eigenvalue weighted by Gasteiger charge is 2.00. The molecule has 1 unspecified atom stereocenters. The fraction of sp³-hybridized carbons (Fsp3) is 0.538. The number of hydrogen-bond donors (Lipinski definition) is 1. The number of nitrogens with two attached hydrogens (primary N) is 1. The molecule has 0 saturated heterocycles. The van der Waals surface area contributed by atoms with Crippen LogP contribution in [0.5, 0.6) is 0 Å². The first-order valence-corrected chi connectivity index (χ1v) is 5.54. The van der Waals surface area contributed by atoms with Crippen molar-refractivity contribution in [1.82, 2.24) is 0 Å². The van der Waals surface area contributed by atoms with Gasteiger partial charge in [0, 0.05) is 0 Å². The van der Waals surface area contributed by atoms with Crippen molar-refractivity contribution in [3.05, 3.63) is 35.4 Å². The maximum Gasteiger partial charge on any atom is -0.00514 e. The molecular formula is C13H21N. The molecule has 0 radical (unpaired) electrons. The zero-order chi connectivity index (χ0) is 10.4. The molecule has 0 aliphatic rings. The molecule has 1 rings (SSSR count). The molecule has 0 aliphatic carbocycles. The Labute approximate surface area is 87.3 Å². The summed E-state index contributed by atoms with van der Waals surface area (Å²) < 4.78 is 0. The lowest BCUT2D eigenvalue weighted by molar-refractivity contribution is 0.544. The summed E-state index contributed by atoms with van der Waals surface area (Å²) >= 11 is 0. The molecule has 0 aromatic heterocycles. The third-order valence-electron chi connectivity index (χ3n) is 2.73. The first kappa shape index (κ1) is 11.3. The van der Waals surface area contributed by atoms with Crippen LogP contribution >= 0.6 is 0 Å². The van der Waals surface area contributed by atoms with E-state index in [9.17, 15) is 0 Å². The van der Waals surface area contributed by atoms with Gasteiger partial charge in [0.05, 0.1) is 0 Å². The average Bonchev–Trinajstić information content (AvgIpc) is 2.26. The molecule has 0 fully saturated rings. The second kappa shape index (κ2) is 5.82. The van der Waals surface area contributed by atoms with E-state index >= 15 is 0 Å². The van der Waals surface area contributed by atoms with E-state index in [-0.39, 0.29) is 0 Å². The Kier molecular flexibility index (Phi) is 4.68. The van der Waals surface area contributed by atoms with Crippen molar-refractivity contribution >= 4 is 0 Å². The molecule has 1 atom stereocenters. The van der Waals surface area contributed by atoms with Crippen LogP contribution in [0.2, 0.25) is 0 Å². The van der Waals surface area contributed by atoms with Gasteiger partial charge in [0.2, 0.25) is 0 Å². The number of aryl methyl sites for hydroxylation is 2. The summed E-state index contributed by atoms with van der Waals surface area (Å²) in [5.74, 6) is 0.639. The summed E-state index contributed by atoms with van der Waals surface area (Å²) in [5.41, 5.74) is 8.47. The lowest BCUT2D eigenvalue weighted by Gasteiger charge is -2.08. The Morgan fingerprint density at radius 3 is 2.64 bits per heavy atom. The van der Waals surface area contributed by atoms with Crippen molar-refractivity contribution in [2.75, 3.05) is 6.54 Å². The Morgan fingerprint density at radius 2 is 2.00 bits per heavy atom. The molecule has 14 heavy (non-hydrogen) atoms. The Hall–Kier alpha value is -0.820.